The van der Waals surface area contributed by atoms with Crippen LogP contribution in [0.1, 0.15) is 12.8 Å². The molecule has 0 radical (unpaired) electrons. The molecule has 1 aliphatic heterocycles. The predicted octanol–water partition coefficient (Wildman–Crippen LogP) is -0.712. The van der Waals surface area contributed by atoms with Crippen molar-refractivity contribution in [1.29, 1.82) is 0 Å². The summed E-state index contributed by atoms with van der Waals surface area (Å²) in [5.74, 6) is 0.637. The summed E-state index contributed by atoms with van der Waals surface area (Å²) >= 11 is 0. The van der Waals surface area contributed by atoms with Crippen LogP contribution in [0.2, 0.25) is 0 Å². The molecule has 0 bridgehead atoms. The fourth-order valence-electron chi connectivity index (χ4n) is 1.28. The van der Waals surface area contributed by atoms with Crippen LogP contribution in [0.5, 0.6) is 0 Å². The van der Waals surface area contributed by atoms with Crippen LogP contribution in [0.3, 0.4) is 0 Å². The van der Waals surface area contributed by atoms with Gasteiger partial charge < -0.3 is 5.32 Å². The first-order chi connectivity index (χ1) is 5.66. The molecule has 0 aromatic rings. The molecule has 2 N–H and O–H groups in total. The molecule has 0 amide bonds. The van der Waals surface area contributed by atoms with E-state index in [4.69, 9.17) is 0 Å². The predicted molar refractivity (Wildman–Crippen MR) is 46.3 cm³/mol. The second-order valence-electron chi connectivity index (χ2n) is 3.70. The van der Waals surface area contributed by atoms with Gasteiger partial charge in [0.05, 0.1) is 5.75 Å². The van der Waals surface area contributed by atoms with E-state index in [1.165, 1.54) is 0 Å². The number of nitrogens with one attached hydrogen (secondary N) is 2. The molecule has 70 valence electrons. The van der Waals surface area contributed by atoms with E-state index in [-0.39, 0.29) is 6.04 Å². The molecule has 12 heavy (non-hydrogen) atoms. The Hall–Kier alpha value is -0.130. The van der Waals surface area contributed by atoms with Gasteiger partial charge in [-0.3, -0.25) is 0 Å². The molecule has 0 spiro atoms. The van der Waals surface area contributed by atoms with Gasteiger partial charge in [0.25, 0.3) is 0 Å². The smallest absolute Gasteiger partial charge is 0.212 e. The maximum atomic E-state index is 11.3. The standard InChI is InChI=1S/C7H14N2O2S/c10-12(11,9-7-1-2-7)5-6-3-8-4-6/h6-9H,1-5H2. The summed E-state index contributed by atoms with van der Waals surface area (Å²) in [4.78, 5) is 0. The van der Waals surface area contributed by atoms with Gasteiger partial charge in [-0.1, -0.05) is 0 Å². The molecule has 1 heterocycles. The molecule has 5 heteroatoms. The van der Waals surface area contributed by atoms with Crippen LogP contribution in [-0.4, -0.2) is 33.3 Å². The third-order valence-electron chi connectivity index (χ3n) is 2.24. The van der Waals surface area contributed by atoms with Crippen LogP contribution >= 0.6 is 0 Å². The minimum atomic E-state index is -2.97. The molecule has 4 nitrogen and oxygen atoms in total. The lowest BCUT2D eigenvalue weighted by atomic mass is 10.1. The number of hydrogen-bond acceptors (Lipinski definition) is 3. The van der Waals surface area contributed by atoms with Crippen LogP contribution in [-0.2, 0) is 10.0 Å². The van der Waals surface area contributed by atoms with Gasteiger partial charge >= 0.3 is 0 Å². The highest BCUT2D eigenvalue weighted by Crippen LogP contribution is 2.20. The van der Waals surface area contributed by atoms with Crippen molar-refractivity contribution >= 4 is 10.0 Å². The minimum Gasteiger partial charge on any atom is -0.316 e. The Morgan fingerprint density at radius 3 is 2.42 bits per heavy atom. The van der Waals surface area contributed by atoms with Crippen molar-refractivity contribution in [2.75, 3.05) is 18.8 Å². The lowest BCUT2D eigenvalue weighted by Gasteiger charge is -2.26. The summed E-state index contributed by atoms with van der Waals surface area (Å²) in [5.41, 5.74) is 0. The quantitative estimate of drug-likeness (QED) is 0.615. The third-order valence-corrected chi connectivity index (χ3v) is 3.85. The zero-order valence-corrected chi connectivity index (χ0v) is 7.73. The highest BCUT2D eigenvalue weighted by molar-refractivity contribution is 7.89. The normalized spacial score (nSPS) is 25.3. The maximum Gasteiger partial charge on any atom is 0.212 e. The monoisotopic (exact) mass is 190 g/mol. The van der Waals surface area contributed by atoms with E-state index in [2.05, 4.69) is 10.0 Å². The average Bonchev–Trinajstić information content (AvgIpc) is 2.62. The molecule has 1 aliphatic carbocycles. The average molecular weight is 190 g/mol. The summed E-state index contributed by atoms with van der Waals surface area (Å²) in [5, 5.41) is 3.06. The first-order valence-electron chi connectivity index (χ1n) is 4.36. The Bertz CT molecular complexity index is 255. The number of hydrogen-bond donors (Lipinski definition) is 2. The van der Waals surface area contributed by atoms with Crippen molar-refractivity contribution in [1.82, 2.24) is 10.0 Å². The zero-order chi connectivity index (χ0) is 8.60. The van der Waals surface area contributed by atoms with Crippen molar-refractivity contribution < 1.29 is 8.42 Å². The Morgan fingerprint density at radius 1 is 1.33 bits per heavy atom. The van der Waals surface area contributed by atoms with E-state index >= 15 is 0 Å². The van der Waals surface area contributed by atoms with E-state index in [9.17, 15) is 8.42 Å². The van der Waals surface area contributed by atoms with Crippen LogP contribution < -0.4 is 10.0 Å². The Labute approximate surface area is 72.8 Å². The number of sulfonamides is 1. The lowest BCUT2D eigenvalue weighted by molar-refractivity contribution is 0.377. The third kappa shape index (κ3) is 2.18. The van der Waals surface area contributed by atoms with Crippen molar-refractivity contribution in [3.05, 3.63) is 0 Å². The molecular formula is C7H14N2O2S. The van der Waals surface area contributed by atoms with Gasteiger partial charge in [0.15, 0.2) is 0 Å². The topological polar surface area (TPSA) is 58.2 Å². The van der Waals surface area contributed by atoms with Gasteiger partial charge in [0.1, 0.15) is 0 Å². The van der Waals surface area contributed by atoms with Crippen molar-refractivity contribution in [2.24, 2.45) is 5.92 Å². The minimum absolute atomic E-state index is 0.253. The molecule has 2 rings (SSSR count). The molecule has 1 saturated heterocycles. The van der Waals surface area contributed by atoms with Crippen LogP contribution in [0.4, 0.5) is 0 Å². The molecule has 2 fully saturated rings. The van der Waals surface area contributed by atoms with Gasteiger partial charge in [-0.05, 0) is 18.8 Å². The van der Waals surface area contributed by atoms with E-state index in [0.717, 1.165) is 25.9 Å². The largest absolute Gasteiger partial charge is 0.316 e. The summed E-state index contributed by atoms with van der Waals surface area (Å²) in [7, 11) is -2.97. The molecule has 0 aromatic heterocycles. The van der Waals surface area contributed by atoms with Gasteiger partial charge in [-0.2, -0.15) is 0 Å². The summed E-state index contributed by atoms with van der Waals surface area (Å²) in [6.45, 7) is 1.71. The van der Waals surface area contributed by atoms with Gasteiger partial charge in [-0.15, -0.1) is 0 Å². The maximum absolute atomic E-state index is 11.3. The molecule has 0 aromatic carbocycles. The second kappa shape index (κ2) is 2.97. The highest BCUT2D eigenvalue weighted by Gasteiger charge is 2.30. The summed E-state index contributed by atoms with van der Waals surface area (Å²) in [6, 6.07) is 0.253. The molecular weight excluding hydrogens is 176 g/mol. The first-order valence-corrected chi connectivity index (χ1v) is 6.02. The second-order valence-corrected chi connectivity index (χ2v) is 5.50. The van der Waals surface area contributed by atoms with Gasteiger partial charge in [0.2, 0.25) is 10.0 Å². The zero-order valence-electron chi connectivity index (χ0n) is 6.91. The molecule has 1 saturated carbocycles. The molecule has 2 aliphatic rings. The fraction of sp³-hybridized carbons (Fsp3) is 1.00. The Kier molecular flexibility index (Phi) is 2.10. The van der Waals surface area contributed by atoms with Crippen molar-refractivity contribution in [3.63, 3.8) is 0 Å². The molecule has 0 unspecified atom stereocenters. The fourth-order valence-corrected chi connectivity index (χ4v) is 2.98. The van der Waals surface area contributed by atoms with E-state index in [1.807, 2.05) is 0 Å². The van der Waals surface area contributed by atoms with Crippen LogP contribution in [0.15, 0.2) is 0 Å². The van der Waals surface area contributed by atoms with E-state index in [1.54, 1.807) is 0 Å². The highest BCUT2D eigenvalue weighted by atomic mass is 32.2. The van der Waals surface area contributed by atoms with Gasteiger partial charge in [0, 0.05) is 19.1 Å². The number of rotatable bonds is 4. The van der Waals surface area contributed by atoms with Crippen molar-refractivity contribution in [2.45, 2.75) is 18.9 Å². The Morgan fingerprint density at radius 2 is 2.00 bits per heavy atom. The van der Waals surface area contributed by atoms with E-state index < -0.39 is 10.0 Å². The van der Waals surface area contributed by atoms with Crippen LogP contribution in [0, 0.1) is 5.92 Å². The summed E-state index contributed by atoms with van der Waals surface area (Å²) < 4.78 is 25.4. The van der Waals surface area contributed by atoms with E-state index in [0.29, 0.717) is 11.7 Å². The summed E-state index contributed by atoms with van der Waals surface area (Å²) in [6.07, 6.45) is 2.03. The SMILES string of the molecule is O=S(=O)(CC1CNC1)NC1CC1. The molecule has 0 atom stereocenters. The van der Waals surface area contributed by atoms with Crippen LogP contribution in [0.25, 0.3) is 0 Å². The van der Waals surface area contributed by atoms with Crippen molar-refractivity contribution in [3.8, 4) is 0 Å². The lowest BCUT2D eigenvalue weighted by Crippen LogP contribution is -2.47. The first kappa shape index (κ1) is 8.47. The van der Waals surface area contributed by atoms with Gasteiger partial charge in [-0.25, -0.2) is 13.1 Å². The Balaban J connectivity index is 1.82.